The molecule has 0 fully saturated rings. The molecule has 0 aliphatic rings. The van der Waals surface area contributed by atoms with Crippen LogP contribution in [-0.2, 0) is 0 Å². The van der Waals surface area contributed by atoms with Gasteiger partial charge in [-0.1, -0.05) is 34.8 Å². The van der Waals surface area contributed by atoms with E-state index in [-0.39, 0.29) is 0 Å². The minimum absolute atomic E-state index is 0.303. The van der Waals surface area contributed by atoms with E-state index in [4.69, 9.17) is 44.8 Å². The average molecular weight is 300 g/mol. The van der Waals surface area contributed by atoms with Gasteiger partial charge in [0, 0.05) is 12.3 Å². The molecule has 0 spiro atoms. The third-order valence-corrected chi connectivity index (χ3v) is 3.12. The SMILES string of the molecule is N#Cc1ccncc1Oc1cc(Cl)c(Cl)cc1Cl. The number of halogens is 3. The van der Waals surface area contributed by atoms with E-state index < -0.39 is 0 Å². The molecule has 0 aliphatic heterocycles. The highest BCUT2D eigenvalue weighted by molar-refractivity contribution is 6.43. The maximum Gasteiger partial charge on any atom is 0.163 e. The molecule has 1 aromatic heterocycles. The quantitative estimate of drug-likeness (QED) is 0.755. The van der Waals surface area contributed by atoms with E-state index in [2.05, 4.69) is 4.98 Å². The molecule has 0 atom stereocenters. The molecule has 0 radical (unpaired) electrons. The summed E-state index contributed by atoms with van der Waals surface area (Å²) in [5.74, 6) is 0.621. The fourth-order valence-corrected chi connectivity index (χ4v) is 1.83. The first-order valence-corrected chi connectivity index (χ1v) is 5.91. The van der Waals surface area contributed by atoms with Crippen molar-refractivity contribution in [1.82, 2.24) is 4.98 Å². The Morgan fingerprint density at radius 3 is 2.50 bits per heavy atom. The summed E-state index contributed by atoms with van der Waals surface area (Å²) in [6, 6.07) is 6.50. The van der Waals surface area contributed by atoms with E-state index in [9.17, 15) is 0 Å². The number of pyridine rings is 1. The summed E-state index contributed by atoms with van der Waals surface area (Å²) in [6.45, 7) is 0. The number of nitriles is 1. The second kappa shape index (κ2) is 5.45. The number of benzene rings is 1. The molecular weight excluding hydrogens is 295 g/mol. The topological polar surface area (TPSA) is 45.9 Å². The van der Waals surface area contributed by atoms with E-state index in [1.807, 2.05) is 6.07 Å². The van der Waals surface area contributed by atoms with E-state index in [1.54, 1.807) is 6.07 Å². The van der Waals surface area contributed by atoms with Gasteiger partial charge < -0.3 is 4.74 Å². The van der Waals surface area contributed by atoms with Crippen LogP contribution in [0.3, 0.4) is 0 Å². The molecule has 0 N–H and O–H groups in total. The van der Waals surface area contributed by atoms with Gasteiger partial charge in [0.25, 0.3) is 0 Å². The van der Waals surface area contributed by atoms with Crippen molar-refractivity contribution >= 4 is 34.8 Å². The van der Waals surface area contributed by atoms with Gasteiger partial charge in [0.05, 0.1) is 26.8 Å². The van der Waals surface area contributed by atoms with E-state index in [1.165, 1.54) is 24.5 Å². The summed E-state index contributed by atoms with van der Waals surface area (Å²) < 4.78 is 5.51. The molecule has 0 saturated carbocycles. The molecule has 2 rings (SSSR count). The van der Waals surface area contributed by atoms with E-state index in [0.29, 0.717) is 32.1 Å². The van der Waals surface area contributed by atoms with Crippen molar-refractivity contribution in [3.8, 4) is 17.6 Å². The van der Waals surface area contributed by atoms with Crippen LogP contribution in [0.15, 0.2) is 30.6 Å². The standard InChI is InChI=1S/C12H5Cl3N2O/c13-8-3-10(15)11(4-9(8)14)18-12-6-17-2-1-7(12)5-16/h1-4,6H. The minimum Gasteiger partial charge on any atom is -0.453 e. The number of hydrogen-bond acceptors (Lipinski definition) is 3. The summed E-state index contributed by atoms with van der Waals surface area (Å²) in [5, 5.41) is 9.88. The van der Waals surface area contributed by atoms with Crippen LogP contribution in [0.25, 0.3) is 0 Å². The zero-order chi connectivity index (χ0) is 13.1. The predicted octanol–water partition coefficient (Wildman–Crippen LogP) is 4.71. The zero-order valence-electron chi connectivity index (χ0n) is 8.82. The second-order valence-electron chi connectivity index (χ2n) is 3.28. The minimum atomic E-state index is 0.303. The maximum atomic E-state index is 8.93. The van der Waals surface area contributed by atoms with Gasteiger partial charge in [-0.15, -0.1) is 0 Å². The Morgan fingerprint density at radius 1 is 1.06 bits per heavy atom. The average Bonchev–Trinajstić information content (AvgIpc) is 2.36. The van der Waals surface area contributed by atoms with Gasteiger partial charge in [-0.2, -0.15) is 5.26 Å². The summed E-state index contributed by atoms with van der Waals surface area (Å²) in [6.07, 6.45) is 2.93. The Bertz CT molecular complexity index is 638. The first-order chi connectivity index (χ1) is 8.61. The molecule has 0 bridgehead atoms. The molecule has 0 saturated heterocycles. The van der Waals surface area contributed by atoms with Gasteiger partial charge in [-0.05, 0) is 12.1 Å². The summed E-state index contributed by atoms with van der Waals surface area (Å²) >= 11 is 17.7. The maximum absolute atomic E-state index is 8.93. The lowest BCUT2D eigenvalue weighted by molar-refractivity contribution is 0.479. The molecule has 0 amide bonds. The Labute approximate surface area is 118 Å². The van der Waals surface area contributed by atoms with Crippen LogP contribution in [0.2, 0.25) is 15.1 Å². The Balaban J connectivity index is 2.41. The van der Waals surface area contributed by atoms with Gasteiger partial charge in [-0.25, -0.2) is 0 Å². The van der Waals surface area contributed by atoms with Crippen molar-refractivity contribution in [2.75, 3.05) is 0 Å². The molecule has 1 heterocycles. The molecular formula is C12H5Cl3N2O. The van der Waals surface area contributed by atoms with Crippen LogP contribution < -0.4 is 4.74 Å². The molecule has 90 valence electrons. The number of aromatic nitrogens is 1. The second-order valence-corrected chi connectivity index (χ2v) is 4.50. The molecule has 6 heteroatoms. The highest BCUT2D eigenvalue weighted by Crippen LogP contribution is 2.36. The number of nitrogens with zero attached hydrogens (tertiary/aromatic N) is 2. The molecule has 0 aliphatic carbocycles. The van der Waals surface area contributed by atoms with Gasteiger partial charge in [0.1, 0.15) is 11.8 Å². The van der Waals surface area contributed by atoms with Crippen LogP contribution in [0.5, 0.6) is 11.5 Å². The molecule has 1 aromatic carbocycles. The lowest BCUT2D eigenvalue weighted by Gasteiger charge is -2.09. The van der Waals surface area contributed by atoms with Crippen molar-refractivity contribution in [2.24, 2.45) is 0 Å². The third-order valence-electron chi connectivity index (χ3n) is 2.10. The first kappa shape index (κ1) is 13.0. The van der Waals surface area contributed by atoms with Gasteiger partial charge >= 0.3 is 0 Å². The van der Waals surface area contributed by atoms with Gasteiger partial charge in [0.2, 0.25) is 0 Å². The molecule has 0 unspecified atom stereocenters. The molecule has 3 nitrogen and oxygen atoms in total. The monoisotopic (exact) mass is 298 g/mol. The fourth-order valence-electron chi connectivity index (χ4n) is 1.25. The Kier molecular flexibility index (Phi) is 3.93. The first-order valence-electron chi connectivity index (χ1n) is 4.78. The fraction of sp³-hybridized carbons (Fsp3) is 0. The van der Waals surface area contributed by atoms with Crippen molar-refractivity contribution in [2.45, 2.75) is 0 Å². The van der Waals surface area contributed by atoms with Crippen molar-refractivity contribution < 1.29 is 4.74 Å². The third kappa shape index (κ3) is 2.68. The molecule has 2 aromatic rings. The summed E-state index contributed by atoms with van der Waals surface area (Å²) in [5.41, 5.74) is 0.354. The summed E-state index contributed by atoms with van der Waals surface area (Å²) in [4.78, 5) is 3.88. The van der Waals surface area contributed by atoms with Crippen molar-refractivity contribution in [1.29, 1.82) is 5.26 Å². The summed E-state index contributed by atoms with van der Waals surface area (Å²) in [7, 11) is 0. The van der Waals surface area contributed by atoms with Crippen molar-refractivity contribution in [3.05, 3.63) is 51.2 Å². The lowest BCUT2D eigenvalue weighted by Crippen LogP contribution is -1.90. The van der Waals surface area contributed by atoms with Crippen LogP contribution >= 0.6 is 34.8 Å². The predicted molar refractivity (Wildman–Crippen MR) is 70.5 cm³/mol. The Hall–Kier alpha value is -1.47. The highest BCUT2D eigenvalue weighted by Gasteiger charge is 2.10. The van der Waals surface area contributed by atoms with Crippen LogP contribution in [0.4, 0.5) is 0 Å². The smallest absolute Gasteiger partial charge is 0.163 e. The van der Waals surface area contributed by atoms with Crippen molar-refractivity contribution in [3.63, 3.8) is 0 Å². The molecule has 18 heavy (non-hydrogen) atoms. The normalized spacial score (nSPS) is 9.89. The van der Waals surface area contributed by atoms with Crippen LogP contribution in [-0.4, -0.2) is 4.98 Å². The van der Waals surface area contributed by atoms with Gasteiger partial charge in [0.15, 0.2) is 5.75 Å². The van der Waals surface area contributed by atoms with E-state index >= 15 is 0 Å². The number of rotatable bonds is 2. The number of hydrogen-bond donors (Lipinski definition) is 0. The van der Waals surface area contributed by atoms with Crippen LogP contribution in [0, 0.1) is 11.3 Å². The number of ether oxygens (including phenoxy) is 1. The van der Waals surface area contributed by atoms with Crippen LogP contribution in [0.1, 0.15) is 5.56 Å². The largest absolute Gasteiger partial charge is 0.453 e. The lowest BCUT2D eigenvalue weighted by atomic mass is 10.2. The zero-order valence-corrected chi connectivity index (χ0v) is 11.1. The Morgan fingerprint density at radius 2 is 1.78 bits per heavy atom. The van der Waals surface area contributed by atoms with Gasteiger partial charge in [-0.3, -0.25) is 4.98 Å². The highest BCUT2D eigenvalue weighted by atomic mass is 35.5. The van der Waals surface area contributed by atoms with E-state index in [0.717, 1.165) is 0 Å².